The number of fused-ring (bicyclic) bond motifs is 1. The van der Waals surface area contributed by atoms with Gasteiger partial charge in [-0.25, -0.2) is 0 Å². The zero-order valence-electron chi connectivity index (χ0n) is 14.6. The molecule has 3 aromatic rings. The number of hydrogen-bond acceptors (Lipinski definition) is 4. The summed E-state index contributed by atoms with van der Waals surface area (Å²) in [6, 6.07) is 16.9. The van der Waals surface area contributed by atoms with Gasteiger partial charge in [-0.15, -0.1) is 11.3 Å². The number of aliphatic hydroxyl groups is 1. The van der Waals surface area contributed by atoms with Crippen LogP contribution in [0.3, 0.4) is 0 Å². The molecule has 1 aromatic heterocycles. The Bertz CT molecular complexity index is 929. The fraction of sp³-hybridized carbons (Fsp3) is 0.200. The Kier molecular flexibility index (Phi) is 5.06. The number of nitrogens with one attached hydrogen (secondary N) is 2. The lowest BCUT2D eigenvalue weighted by atomic mass is 10.0. The molecule has 0 aliphatic rings. The molecule has 0 saturated heterocycles. The zero-order chi connectivity index (χ0) is 18.7. The topological polar surface area (TPSA) is 78.4 Å². The van der Waals surface area contributed by atoms with E-state index in [1.54, 1.807) is 19.1 Å². The van der Waals surface area contributed by atoms with Crippen LogP contribution in [-0.2, 0) is 15.2 Å². The molecule has 2 aromatic carbocycles. The van der Waals surface area contributed by atoms with Crippen LogP contribution in [0.1, 0.15) is 17.4 Å². The van der Waals surface area contributed by atoms with Gasteiger partial charge in [0.25, 0.3) is 0 Å². The fourth-order valence-electron chi connectivity index (χ4n) is 2.56. The van der Waals surface area contributed by atoms with E-state index in [-0.39, 0.29) is 6.54 Å². The van der Waals surface area contributed by atoms with Gasteiger partial charge in [0.1, 0.15) is 5.60 Å². The number of thiophene rings is 1. The average Bonchev–Trinajstić information content (AvgIpc) is 3.07. The van der Waals surface area contributed by atoms with E-state index in [1.807, 2.05) is 49.4 Å². The number of anilines is 1. The fourth-order valence-corrected chi connectivity index (χ4v) is 3.67. The normalized spacial score (nSPS) is 13.2. The summed E-state index contributed by atoms with van der Waals surface area (Å²) in [5.41, 5.74) is 0.192. The van der Waals surface area contributed by atoms with Gasteiger partial charge < -0.3 is 15.7 Å². The van der Waals surface area contributed by atoms with E-state index in [9.17, 15) is 14.7 Å². The molecule has 2 amide bonds. The van der Waals surface area contributed by atoms with Gasteiger partial charge in [-0.1, -0.05) is 36.4 Å². The molecule has 134 valence electrons. The Morgan fingerprint density at radius 2 is 1.77 bits per heavy atom. The van der Waals surface area contributed by atoms with Gasteiger partial charge in [0, 0.05) is 15.3 Å². The standard InChI is InChI=1S/C20H20N2O3S/c1-13-7-3-5-9-15(13)22-19(24)18(23)21-12-20(2,25)17-11-14-8-4-6-10-16(14)26-17/h3-11,25H,12H2,1-2H3,(H,21,23)(H,22,24). The van der Waals surface area contributed by atoms with E-state index in [0.29, 0.717) is 5.69 Å². The van der Waals surface area contributed by atoms with Crippen molar-refractivity contribution >= 4 is 38.9 Å². The summed E-state index contributed by atoms with van der Waals surface area (Å²) >= 11 is 1.47. The van der Waals surface area contributed by atoms with Crippen LogP contribution >= 0.6 is 11.3 Å². The average molecular weight is 368 g/mol. The van der Waals surface area contributed by atoms with Crippen molar-refractivity contribution in [3.63, 3.8) is 0 Å². The molecule has 0 bridgehead atoms. The van der Waals surface area contributed by atoms with Gasteiger partial charge in [0.05, 0.1) is 6.54 Å². The second-order valence-electron chi connectivity index (χ2n) is 6.37. The number of amides is 2. The third kappa shape index (κ3) is 3.92. The minimum absolute atomic E-state index is 0.0557. The van der Waals surface area contributed by atoms with Crippen LogP contribution < -0.4 is 10.6 Å². The van der Waals surface area contributed by atoms with Crippen molar-refractivity contribution in [2.45, 2.75) is 19.4 Å². The third-order valence-corrected chi connectivity index (χ3v) is 5.52. The number of hydrogen-bond donors (Lipinski definition) is 3. The van der Waals surface area contributed by atoms with Crippen molar-refractivity contribution in [2.24, 2.45) is 0 Å². The first-order valence-corrected chi connectivity index (χ1v) is 9.05. The lowest BCUT2D eigenvalue weighted by Gasteiger charge is -2.22. The predicted molar refractivity (Wildman–Crippen MR) is 104 cm³/mol. The van der Waals surface area contributed by atoms with E-state index >= 15 is 0 Å². The quantitative estimate of drug-likeness (QED) is 0.619. The van der Waals surface area contributed by atoms with E-state index in [0.717, 1.165) is 20.5 Å². The second kappa shape index (κ2) is 7.27. The Morgan fingerprint density at radius 1 is 1.08 bits per heavy atom. The van der Waals surface area contributed by atoms with E-state index < -0.39 is 17.4 Å². The molecular weight excluding hydrogens is 348 g/mol. The number of rotatable bonds is 4. The van der Waals surface area contributed by atoms with Crippen LogP contribution in [0.5, 0.6) is 0 Å². The van der Waals surface area contributed by atoms with E-state index in [1.165, 1.54) is 11.3 Å². The SMILES string of the molecule is Cc1ccccc1NC(=O)C(=O)NCC(C)(O)c1cc2ccccc2s1. The van der Waals surface area contributed by atoms with Gasteiger partial charge in [-0.05, 0) is 43.0 Å². The molecule has 6 heteroatoms. The summed E-state index contributed by atoms with van der Waals surface area (Å²) in [7, 11) is 0. The van der Waals surface area contributed by atoms with Crippen molar-refractivity contribution in [1.82, 2.24) is 5.32 Å². The van der Waals surface area contributed by atoms with Crippen LogP contribution in [0.2, 0.25) is 0 Å². The maximum Gasteiger partial charge on any atom is 0.313 e. The number of aryl methyl sites for hydroxylation is 1. The molecule has 0 aliphatic carbocycles. The maximum absolute atomic E-state index is 12.1. The molecule has 1 heterocycles. The molecule has 3 rings (SSSR count). The van der Waals surface area contributed by atoms with E-state index in [4.69, 9.17) is 0 Å². The highest BCUT2D eigenvalue weighted by atomic mass is 32.1. The summed E-state index contributed by atoms with van der Waals surface area (Å²) < 4.78 is 1.06. The summed E-state index contributed by atoms with van der Waals surface area (Å²) in [5, 5.41) is 16.8. The number of benzene rings is 2. The zero-order valence-corrected chi connectivity index (χ0v) is 15.4. The predicted octanol–water partition coefficient (Wildman–Crippen LogP) is 3.17. The molecule has 5 nitrogen and oxygen atoms in total. The highest BCUT2D eigenvalue weighted by molar-refractivity contribution is 7.19. The Hall–Kier alpha value is -2.70. The van der Waals surface area contributed by atoms with Crippen molar-refractivity contribution < 1.29 is 14.7 Å². The minimum Gasteiger partial charge on any atom is -0.383 e. The van der Waals surface area contributed by atoms with E-state index in [2.05, 4.69) is 10.6 Å². The van der Waals surface area contributed by atoms with Crippen molar-refractivity contribution in [1.29, 1.82) is 0 Å². The first-order valence-electron chi connectivity index (χ1n) is 8.23. The van der Waals surface area contributed by atoms with Crippen LogP contribution in [0.25, 0.3) is 10.1 Å². The van der Waals surface area contributed by atoms with Gasteiger partial charge in [-0.2, -0.15) is 0 Å². The van der Waals surface area contributed by atoms with Gasteiger partial charge >= 0.3 is 11.8 Å². The minimum atomic E-state index is -1.26. The first-order chi connectivity index (χ1) is 12.4. The molecule has 0 spiro atoms. The Balaban J connectivity index is 1.64. The Morgan fingerprint density at radius 3 is 2.50 bits per heavy atom. The lowest BCUT2D eigenvalue weighted by Crippen LogP contribution is -2.43. The third-order valence-electron chi connectivity index (χ3n) is 4.15. The van der Waals surface area contributed by atoms with Gasteiger partial charge in [0.2, 0.25) is 0 Å². The molecule has 26 heavy (non-hydrogen) atoms. The van der Waals surface area contributed by atoms with Crippen LogP contribution in [-0.4, -0.2) is 23.5 Å². The largest absolute Gasteiger partial charge is 0.383 e. The Labute approximate surface area is 155 Å². The highest BCUT2D eigenvalue weighted by Crippen LogP contribution is 2.32. The molecule has 0 aliphatic heterocycles. The molecule has 0 fully saturated rings. The number of carbonyl (C=O) groups excluding carboxylic acids is 2. The van der Waals surface area contributed by atoms with Crippen LogP contribution in [0.15, 0.2) is 54.6 Å². The summed E-state index contributed by atoms with van der Waals surface area (Å²) in [5.74, 6) is -1.54. The molecule has 1 atom stereocenters. The van der Waals surface area contributed by atoms with Crippen molar-refractivity contribution in [3.05, 3.63) is 65.0 Å². The molecular formula is C20H20N2O3S. The van der Waals surface area contributed by atoms with Gasteiger partial charge in [-0.3, -0.25) is 9.59 Å². The number of para-hydroxylation sites is 1. The monoisotopic (exact) mass is 368 g/mol. The van der Waals surface area contributed by atoms with Crippen LogP contribution in [0, 0.1) is 6.92 Å². The molecule has 3 N–H and O–H groups in total. The maximum atomic E-state index is 12.1. The highest BCUT2D eigenvalue weighted by Gasteiger charge is 2.27. The second-order valence-corrected chi connectivity index (χ2v) is 7.46. The lowest BCUT2D eigenvalue weighted by molar-refractivity contribution is -0.136. The molecule has 0 radical (unpaired) electrons. The summed E-state index contributed by atoms with van der Waals surface area (Å²) in [6.45, 7) is 3.41. The van der Waals surface area contributed by atoms with Gasteiger partial charge in [0.15, 0.2) is 0 Å². The summed E-state index contributed by atoms with van der Waals surface area (Å²) in [6.07, 6.45) is 0. The molecule has 1 unspecified atom stereocenters. The summed E-state index contributed by atoms with van der Waals surface area (Å²) in [4.78, 5) is 24.9. The number of carbonyl (C=O) groups is 2. The molecule has 0 saturated carbocycles. The van der Waals surface area contributed by atoms with Crippen molar-refractivity contribution in [2.75, 3.05) is 11.9 Å². The van der Waals surface area contributed by atoms with Crippen LogP contribution in [0.4, 0.5) is 5.69 Å². The smallest absolute Gasteiger partial charge is 0.313 e. The first kappa shape index (κ1) is 18.1. The van der Waals surface area contributed by atoms with Crippen molar-refractivity contribution in [3.8, 4) is 0 Å².